The Balaban J connectivity index is 1.99. The quantitative estimate of drug-likeness (QED) is 0.243. The molecule has 0 aliphatic carbocycles. The van der Waals surface area contributed by atoms with Gasteiger partial charge in [-0.2, -0.15) is 0 Å². The molecule has 31 heavy (non-hydrogen) atoms. The van der Waals surface area contributed by atoms with E-state index in [1.165, 1.54) is 23.1 Å². The molecule has 0 bridgehead atoms. The standard InChI is InChI=1S/C23H21BrFNO5/c24-15-11-9-14(10-12-15)21(29)19-20(16-6-3-4-7-17(16)25)26(23(31)22(19)30)13-5-1-2-8-18(27)28/h3-4,6-7,9-12,20,29H,1-2,5,8,13H2,(H,27,28). The Morgan fingerprint density at radius 2 is 1.68 bits per heavy atom. The van der Waals surface area contributed by atoms with E-state index in [4.69, 9.17) is 5.11 Å². The molecule has 1 saturated heterocycles. The number of likely N-dealkylation sites (tertiary alicyclic amines) is 1. The number of halogens is 2. The van der Waals surface area contributed by atoms with Crippen LogP contribution in [0.15, 0.2) is 58.6 Å². The average molecular weight is 490 g/mol. The predicted molar refractivity (Wildman–Crippen MR) is 116 cm³/mol. The molecule has 1 amide bonds. The number of hydrogen-bond donors (Lipinski definition) is 2. The van der Waals surface area contributed by atoms with Crippen molar-refractivity contribution in [2.45, 2.75) is 31.7 Å². The van der Waals surface area contributed by atoms with Crippen molar-refractivity contribution in [3.05, 3.63) is 75.5 Å². The molecule has 1 atom stereocenters. The van der Waals surface area contributed by atoms with Crippen LogP contribution >= 0.6 is 15.9 Å². The minimum atomic E-state index is -1.07. The average Bonchev–Trinajstić information content (AvgIpc) is 2.98. The minimum Gasteiger partial charge on any atom is -0.507 e. The van der Waals surface area contributed by atoms with Crippen LogP contribution in [0.4, 0.5) is 4.39 Å². The SMILES string of the molecule is O=C(O)CCCCCN1C(=O)C(=O)C(=C(O)c2ccc(Br)cc2)C1c1ccccc1F. The number of aliphatic hydroxyl groups excluding tert-OH is 1. The Labute approximate surface area is 187 Å². The second-order valence-corrected chi connectivity index (χ2v) is 8.14. The van der Waals surface area contributed by atoms with Gasteiger partial charge in [0.15, 0.2) is 0 Å². The summed E-state index contributed by atoms with van der Waals surface area (Å²) in [6.07, 6.45) is 1.43. The summed E-state index contributed by atoms with van der Waals surface area (Å²) < 4.78 is 15.4. The summed E-state index contributed by atoms with van der Waals surface area (Å²) in [7, 11) is 0. The molecular formula is C23H21BrFNO5. The number of rotatable bonds is 8. The number of aliphatic carboxylic acids is 1. The number of carboxylic acid groups (broad SMARTS) is 1. The monoisotopic (exact) mass is 489 g/mol. The number of carbonyl (C=O) groups is 3. The lowest BCUT2D eigenvalue weighted by atomic mass is 9.95. The number of carboxylic acids is 1. The minimum absolute atomic E-state index is 0.0130. The van der Waals surface area contributed by atoms with E-state index in [9.17, 15) is 23.9 Å². The molecule has 8 heteroatoms. The largest absolute Gasteiger partial charge is 0.507 e. The predicted octanol–water partition coefficient (Wildman–Crippen LogP) is 4.65. The van der Waals surface area contributed by atoms with Crippen LogP contribution in [0.1, 0.15) is 42.9 Å². The maximum Gasteiger partial charge on any atom is 0.303 e. The Morgan fingerprint density at radius 1 is 1.00 bits per heavy atom. The number of ketones is 1. The summed E-state index contributed by atoms with van der Waals surface area (Å²) in [5.41, 5.74) is 0.290. The molecule has 162 valence electrons. The van der Waals surface area contributed by atoms with Crippen LogP contribution in [0, 0.1) is 5.82 Å². The van der Waals surface area contributed by atoms with Crippen LogP contribution in [0.25, 0.3) is 5.76 Å². The molecule has 0 radical (unpaired) electrons. The fourth-order valence-electron chi connectivity index (χ4n) is 3.63. The van der Waals surface area contributed by atoms with E-state index in [-0.39, 0.29) is 29.9 Å². The Hall–Kier alpha value is -3.00. The molecule has 3 rings (SSSR count). The molecule has 1 heterocycles. The van der Waals surface area contributed by atoms with Crippen molar-refractivity contribution < 1.29 is 29.0 Å². The molecule has 0 saturated carbocycles. The van der Waals surface area contributed by atoms with Gasteiger partial charge in [-0.25, -0.2) is 4.39 Å². The van der Waals surface area contributed by atoms with Crippen LogP contribution in [0.3, 0.4) is 0 Å². The third kappa shape index (κ3) is 5.02. The maximum atomic E-state index is 14.7. The second kappa shape index (κ2) is 9.87. The first-order chi connectivity index (χ1) is 14.8. The number of benzene rings is 2. The summed E-state index contributed by atoms with van der Waals surface area (Å²) in [5.74, 6) is -3.55. The number of carbonyl (C=O) groups excluding carboxylic acids is 2. The highest BCUT2D eigenvalue weighted by Crippen LogP contribution is 2.40. The molecule has 2 aromatic carbocycles. The number of Topliss-reactive ketones (excluding diaryl/α,β-unsaturated/α-hetero) is 1. The van der Waals surface area contributed by atoms with Gasteiger partial charge in [0.2, 0.25) is 0 Å². The molecule has 2 aromatic rings. The summed E-state index contributed by atoms with van der Waals surface area (Å²) in [4.78, 5) is 37.6. The van der Waals surface area contributed by atoms with Gasteiger partial charge in [0.05, 0.1) is 11.6 Å². The van der Waals surface area contributed by atoms with Crippen molar-refractivity contribution in [3.8, 4) is 0 Å². The van der Waals surface area contributed by atoms with Gasteiger partial charge in [0.1, 0.15) is 11.6 Å². The smallest absolute Gasteiger partial charge is 0.303 e. The lowest BCUT2D eigenvalue weighted by molar-refractivity contribution is -0.140. The first-order valence-electron chi connectivity index (χ1n) is 9.82. The fourth-order valence-corrected chi connectivity index (χ4v) is 3.89. The Bertz CT molecular complexity index is 1030. The highest BCUT2D eigenvalue weighted by atomic mass is 79.9. The molecule has 1 aliphatic rings. The maximum absolute atomic E-state index is 14.7. The molecule has 1 fully saturated rings. The van der Waals surface area contributed by atoms with Crippen LogP contribution in [0.2, 0.25) is 0 Å². The third-order valence-corrected chi connectivity index (χ3v) is 5.68. The van der Waals surface area contributed by atoms with Crippen molar-refractivity contribution in [1.29, 1.82) is 0 Å². The van der Waals surface area contributed by atoms with Gasteiger partial charge in [-0.15, -0.1) is 0 Å². The van der Waals surface area contributed by atoms with Crippen molar-refractivity contribution in [1.82, 2.24) is 4.90 Å². The van der Waals surface area contributed by atoms with E-state index >= 15 is 0 Å². The Morgan fingerprint density at radius 3 is 2.32 bits per heavy atom. The molecule has 2 N–H and O–H groups in total. The van der Waals surface area contributed by atoms with Crippen molar-refractivity contribution in [2.75, 3.05) is 6.54 Å². The Kier molecular flexibility index (Phi) is 7.22. The summed E-state index contributed by atoms with van der Waals surface area (Å²) in [5, 5.41) is 19.6. The molecular weight excluding hydrogens is 469 g/mol. The number of nitrogens with zero attached hydrogens (tertiary/aromatic N) is 1. The molecule has 1 aliphatic heterocycles. The highest BCUT2D eigenvalue weighted by Gasteiger charge is 2.46. The van der Waals surface area contributed by atoms with Gasteiger partial charge in [-0.3, -0.25) is 14.4 Å². The first kappa shape index (κ1) is 22.7. The fraction of sp³-hybridized carbons (Fsp3) is 0.261. The molecule has 6 nitrogen and oxygen atoms in total. The molecule has 0 aromatic heterocycles. The first-order valence-corrected chi connectivity index (χ1v) is 10.6. The highest BCUT2D eigenvalue weighted by molar-refractivity contribution is 9.10. The van der Waals surface area contributed by atoms with E-state index in [2.05, 4.69) is 15.9 Å². The van der Waals surface area contributed by atoms with Crippen LogP contribution in [-0.2, 0) is 14.4 Å². The summed E-state index contributed by atoms with van der Waals surface area (Å²) in [6.45, 7) is 0.139. The second-order valence-electron chi connectivity index (χ2n) is 7.23. The summed E-state index contributed by atoms with van der Waals surface area (Å²) in [6, 6.07) is 11.3. The molecule has 1 unspecified atom stereocenters. The van der Waals surface area contributed by atoms with Gasteiger partial charge >= 0.3 is 5.97 Å². The van der Waals surface area contributed by atoms with Crippen molar-refractivity contribution in [3.63, 3.8) is 0 Å². The zero-order chi connectivity index (χ0) is 22.5. The zero-order valence-corrected chi connectivity index (χ0v) is 18.1. The number of unbranched alkanes of at least 4 members (excludes halogenated alkanes) is 2. The number of aliphatic hydroxyl groups is 1. The third-order valence-electron chi connectivity index (χ3n) is 5.15. The van der Waals surface area contributed by atoms with Crippen LogP contribution < -0.4 is 0 Å². The van der Waals surface area contributed by atoms with Gasteiger partial charge in [0.25, 0.3) is 11.7 Å². The normalized spacial score (nSPS) is 17.9. The lowest BCUT2D eigenvalue weighted by Crippen LogP contribution is -2.31. The lowest BCUT2D eigenvalue weighted by Gasteiger charge is -2.25. The van der Waals surface area contributed by atoms with E-state index in [0.29, 0.717) is 24.8 Å². The zero-order valence-electron chi connectivity index (χ0n) is 16.6. The topological polar surface area (TPSA) is 94.9 Å². The van der Waals surface area contributed by atoms with Crippen LogP contribution in [-0.4, -0.2) is 39.3 Å². The van der Waals surface area contributed by atoms with Crippen molar-refractivity contribution in [2.24, 2.45) is 0 Å². The summed E-state index contributed by atoms with van der Waals surface area (Å²) >= 11 is 3.30. The van der Waals surface area contributed by atoms with Gasteiger partial charge in [0, 0.05) is 28.6 Å². The van der Waals surface area contributed by atoms with Crippen LogP contribution in [0.5, 0.6) is 0 Å². The van der Waals surface area contributed by atoms with Crippen molar-refractivity contribution >= 4 is 39.3 Å². The van der Waals surface area contributed by atoms with E-state index in [1.54, 1.807) is 30.3 Å². The number of hydrogen-bond acceptors (Lipinski definition) is 4. The van der Waals surface area contributed by atoms with Gasteiger partial charge < -0.3 is 15.1 Å². The van der Waals surface area contributed by atoms with Gasteiger partial charge in [-0.1, -0.05) is 52.7 Å². The number of amides is 1. The van der Waals surface area contributed by atoms with E-state index < -0.39 is 29.5 Å². The van der Waals surface area contributed by atoms with Gasteiger partial charge in [-0.05, 0) is 31.0 Å². The molecule has 0 spiro atoms. The van der Waals surface area contributed by atoms with E-state index in [0.717, 1.165) is 4.47 Å². The van der Waals surface area contributed by atoms with E-state index in [1.807, 2.05) is 0 Å².